The number of hydrogen-bond donors (Lipinski definition) is 1. The molecule has 0 saturated heterocycles. The third-order valence-electron chi connectivity index (χ3n) is 0.691. The predicted molar refractivity (Wildman–Crippen MR) is 37.5 cm³/mol. The molecule has 0 rings (SSSR count). The van der Waals surface area contributed by atoms with Gasteiger partial charge in [-0.1, -0.05) is 0 Å². The third-order valence-corrected chi connectivity index (χ3v) is 0.691. The van der Waals surface area contributed by atoms with Gasteiger partial charge in [0.2, 0.25) is 0 Å². The van der Waals surface area contributed by atoms with Crippen LogP contribution < -0.4 is 0 Å². The molecule has 0 spiro atoms. The summed E-state index contributed by atoms with van der Waals surface area (Å²) in [5.74, 6) is -0.993. The first kappa shape index (κ1) is 11.8. The monoisotopic (exact) mass is 234 g/mol. The molecule has 0 heterocycles. The van der Waals surface area contributed by atoms with Gasteiger partial charge in [-0.15, -0.1) is 0 Å². The maximum atomic E-state index is 10.1. The molecule has 0 aromatic heterocycles. The van der Waals surface area contributed by atoms with Gasteiger partial charge in [0.1, 0.15) is 5.78 Å². The molecule has 0 aliphatic rings. The molecule has 0 saturated carbocycles. The molecular formula is C5H11InO3. The van der Waals surface area contributed by atoms with Gasteiger partial charge < -0.3 is 9.90 Å². The van der Waals surface area contributed by atoms with E-state index >= 15 is 0 Å². The van der Waals surface area contributed by atoms with Crippen molar-refractivity contribution in [2.45, 2.75) is 19.8 Å². The fourth-order valence-corrected chi connectivity index (χ4v) is 0.283. The first-order chi connectivity index (χ1) is 3.63. The zero-order valence-corrected chi connectivity index (χ0v) is 4.68. The van der Waals surface area contributed by atoms with Gasteiger partial charge in [-0.05, 0) is 6.92 Å². The van der Waals surface area contributed by atoms with Crippen LogP contribution >= 0.6 is 0 Å². The number of ketones is 1. The molecule has 0 atom stereocenters. The van der Waals surface area contributed by atoms with Crippen molar-refractivity contribution in [2.24, 2.45) is 0 Å². The van der Waals surface area contributed by atoms with E-state index in [1.54, 1.807) is 0 Å². The van der Waals surface area contributed by atoms with Crippen LogP contribution in [0.25, 0.3) is 0 Å². The van der Waals surface area contributed by atoms with Crippen LogP contribution in [0.3, 0.4) is 0 Å². The number of aliphatic carboxylic acids is 1. The van der Waals surface area contributed by atoms with Crippen molar-refractivity contribution in [3.8, 4) is 0 Å². The van der Waals surface area contributed by atoms with Crippen molar-refractivity contribution >= 4 is 37.6 Å². The number of carboxylic acids is 1. The van der Waals surface area contributed by atoms with Crippen molar-refractivity contribution in [1.29, 1.82) is 0 Å². The predicted octanol–water partition coefficient (Wildman–Crippen LogP) is -0.744. The third kappa shape index (κ3) is 11.5. The molecule has 0 aromatic carbocycles. The second-order valence-electron chi connectivity index (χ2n) is 1.60. The number of carboxylic acid groups (broad SMARTS) is 1. The van der Waals surface area contributed by atoms with Crippen molar-refractivity contribution in [3.63, 3.8) is 0 Å². The van der Waals surface area contributed by atoms with Crippen LogP contribution in [0.4, 0.5) is 0 Å². The Bertz CT molecular complexity index is 96.8. The molecule has 0 aliphatic heterocycles. The molecule has 1 N–H and O–H groups in total. The van der Waals surface area contributed by atoms with Gasteiger partial charge in [-0.2, -0.15) is 0 Å². The van der Waals surface area contributed by atoms with Gasteiger partial charge in [0.25, 0.3) is 0 Å². The van der Waals surface area contributed by atoms with Crippen LogP contribution in [-0.2, 0) is 9.59 Å². The van der Waals surface area contributed by atoms with E-state index < -0.39 is 5.97 Å². The summed E-state index contributed by atoms with van der Waals surface area (Å²) < 4.78 is 0. The average molecular weight is 234 g/mol. The zero-order valence-electron chi connectivity index (χ0n) is 4.68. The summed E-state index contributed by atoms with van der Waals surface area (Å²) >= 11 is 0. The molecule has 0 radical (unpaired) electrons. The minimum atomic E-state index is -0.916. The SMILES string of the molecule is CC(=O)CCC(=O)O.[InH3]. The van der Waals surface area contributed by atoms with Gasteiger partial charge in [-0.3, -0.25) is 4.79 Å². The minimum absolute atomic E-state index is 0. The average Bonchev–Trinajstić information content (AvgIpc) is 1.61. The Morgan fingerprint density at radius 1 is 1.33 bits per heavy atom. The maximum absolute atomic E-state index is 10.1. The number of carbonyl (C=O) groups excluding carboxylic acids is 1. The van der Waals surface area contributed by atoms with Crippen LogP contribution in [-0.4, -0.2) is 42.7 Å². The number of rotatable bonds is 3. The molecule has 0 amide bonds. The Morgan fingerprint density at radius 2 is 1.78 bits per heavy atom. The van der Waals surface area contributed by atoms with E-state index in [4.69, 9.17) is 5.11 Å². The standard InChI is InChI=1S/C5H8O3.In.3H/c1-4(6)2-3-5(7)8;;;;/h2-3H2,1H3,(H,7,8);;;;. The summed E-state index contributed by atoms with van der Waals surface area (Å²) in [6.07, 6.45) is 0.102. The number of hydrogen-bond acceptors (Lipinski definition) is 2. The van der Waals surface area contributed by atoms with E-state index in [9.17, 15) is 9.59 Å². The van der Waals surface area contributed by atoms with Crippen molar-refractivity contribution < 1.29 is 14.7 Å². The number of carbonyl (C=O) groups is 2. The van der Waals surface area contributed by atoms with Crippen molar-refractivity contribution in [3.05, 3.63) is 0 Å². The summed E-state index contributed by atoms with van der Waals surface area (Å²) in [5.41, 5.74) is 0. The van der Waals surface area contributed by atoms with Gasteiger partial charge in [-0.25, -0.2) is 0 Å². The molecular weight excluding hydrogens is 223 g/mol. The summed E-state index contributed by atoms with van der Waals surface area (Å²) in [6.45, 7) is 1.38. The van der Waals surface area contributed by atoms with Crippen LogP contribution in [0.1, 0.15) is 19.8 Å². The second kappa shape index (κ2) is 6.13. The topological polar surface area (TPSA) is 54.4 Å². The van der Waals surface area contributed by atoms with E-state index in [1.807, 2.05) is 0 Å². The first-order valence-electron chi connectivity index (χ1n) is 2.34. The Balaban J connectivity index is 0. The molecule has 0 aromatic rings. The summed E-state index contributed by atoms with van der Waals surface area (Å²) in [7, 11) is 0. The van der Waals surface area contributed by atoms with E-state index in [2.05, 4.69) is 0 Å². The summed E-state index contributed by atoms with van der Waals surface area (Å²) in [6, 6.07) is 0. The number of Topliss-reactive ketones (excluding diaryl/α,β-unsaturated/α-hetero) is 1. The Kier molecular flexibility index (Phi) is 8.02. The Labute approximate surface area is 72.2 Å². The van der Waals surface area contributed by atoms with Crippen LogP contribution in [0.15, 0.2) is 0 Å². The van der Waals surface area contributed by atoms with Crippen LogP contribution in [0.2, 0.25) is 0 Å². The molecule has 52 valence electrons. The van der Waals surface area contributed by atoms with E-state index in [-0.39, 0.29) is 44.5 Å². The molecule has 3 nitrogen and oxygen atoms in total. The van der Waals surface area contributed by atoms with E-state index in [0.29, 0.717) is 0 Å². The first-order valence-corrected chi connectivity index (χ1v) is 2.34. The Hall–Kier alpha value is 0.0101. The quantitative estimate of drug-likeness (QED) is 0.699. The molecule has 0 aliphatic carbocycles. The normalized spacial score (nSPS) is 7.67. The molecule has 9 heavy (non-hydrogen) atoms. The fourth-order valence-electron chi connectivity index (χ4n) is 0.283. The molecule has 4 heteroatoms. The Morgan fingerprint density at radius 3 is 1.89 bits per heavy atom. The molecule has 0 bridgehead atoms. The summed E-state index contributed by atoms with van der Waals surface area (Å²) in [4.78, 5) is 19.8. The van der Waals surface area contributed by atoms with E-state index in [0.717, 1.165) is 0 Å². The van der Waals surface area contributed by atoms with Crippen LogP contribution in [0.5, 0.6) is 0 Å². The summed E-state index contributed by atoms with van der Waals surface area (Å²) in [5, 5.41) is 8.01. The van der Waals surface area contributed by atoms with Crippen LogP contribution in [0, 0.1) is 0 Å². The van der Waals surface area contributed by atoms with Gasteiger partial charge in [0.05, 0.1) is 6.42 Å². The van der Waals surface area contributed by atoms with E-state index in [1.165, 1.54) is 6.92 Å². The van der Waals surface area contributed by atoms with Gasteiger partial charge >= 0.3 is 31.8 Å². The molecule has 0 unspecified atom stereocenters. The van der Waals surface area contributed by atoms with Crippen molar-refractivity contribution in [2.75, 3.05) is 0 Å². The van der Waals surface area contributed by atoms with Gasteiger partial charge in [0, 0.05) is 6.42 Å². The van der Waals surface area contributed by atoms with Gasteiger partial charge in [0.15, 0.2) is 0 Å². The second-order valence-corrected chi connectivity index (χ2v) is 1.60. The molecule has 0 fully saturated rings. The zero-order chi connectivity index (χ0) is 6.57. The fraction of sp³-hybridized carbons (Fsp3) is 0.600. The van der Waals surface area contributed by atoms with Crippen molar-refractivity contribution in [1.82, 2.24) is 0 Å².